The van der Waals surface area contributed by atoms with Crippen molar-refractivity contribution in [2.45, 2.75) is 18.9 Å². The predicted molar refractivity (Wildman–Crippen MR) is 78.2 cm³/mol. The van der Waals surface area contributed by atoms with Crippen LogP contribution in [0.3, 0.4) is 0 Å². The zero-order chi connectivity index (χ0) is 14.4. The molecular weight excluding hydrogens is 278 g/mol. The molecule has 0 amide bonds. The molecule has 0 saturated carbocycles. The van der Waals surface area contributed by atoms with Gasteiger partial charge in [0.2, 0.25) is 0 Å². The quantitative estimate of drug-likeness (QED) is 0.801. The first-order chi connectivity index (χ1) is 9.59. The van der Waals surface area contributed by atoms with Crippen molar-refractivity contribution in [3.8, 4) is 11.5 Å². The van der Waals surface area contributed by atoms with E-state index in [0.29, 0.717) is 18.9 Å². The number of hydrogen-bond donors (Lipinski definition) is 1. The first-order valence-electron chi connectivity index (χ1n) is 6.80. The normalized spacial score (nSPS) is 21.4. The minimum absolute atomic E-state index is 0.0632. The molecular formula is C14H21NO4S. The molecule has 1 atom stereocenters. The summed E-state index contributed by atoms with van der Waals surface area (Å²) in [6, 6.07) is 7.45. The molecule has 0 bridgehead atoms. The van der Waals surface area contributed by atoms with Crippen molar-refractivity contribution in [1.82, 2.24) is 5.32 Å². The van der Waals surface area contributed by atoms with E-state index in [1.807, 2.05) is 24.3 Å². The van der Waals surface area contributed by atoms with Crippen molar-refractivity contribution < 1.29 is 17.9 Å². The molecule has 112 valence electrons. The molecule has 20 heavy (non-hydrogen) atoms. The summed E-state index contributed by atoms with van der Waals surface area (Å²) in [7, 11) is -1.22. The molecule has 6 heteroatoms. The highest BCUT2D eigenvalue weighted by Gasteiger charge is 2.23. The summed E-state index contributed by atoms with van der Waals surface area (Å²) in [5.41, 5.74) is 0. The van der Waals surface area contributed by atoms with Crippen LogP contribution in [0.4, 0.5) is 0 Å². The largest absolute Gasteiger partial charge is 0.497 e. The van der Waals surface area contributed by atoms with Gasteiger partial charge in [-0.05, 0) is 37.1 Å². The SMILES string of the molecule is COc1ccc(OCCNC2CCCS(=O)(=O)C2)cc1. The number of rotatable bonds is 6. The van der Waals surface area contributed by atoms with Crippen molar-refractivity contribution in [1.29, 1.82) is 0 Å². The highest BCUT2D eigenvalue weighted by Crippen LogP contribution is 2.16. The molecule has 0 radical (unpaired) electrons. The Kier molecular flexibility index (Phi) is 5.25. The average molecular weight is 299 g/mol. The van der Waals surface area contributed by atoms with E-state index in [0.717, 1.165) is 24.3 Å². The third-order valence-electron chi connectivity index (χ3n) is 3.33. The number of benzene rings is 1. The number of hydrogen-bond acceptors (Lipinski definition) is 5. The number of sulfone groups is 1. The van der Waals surface area contributed by atoms with Gasteiger partial charge in [0.25, 0.3) is 0 Å². The summed E-state index contributed by atoms with van der Waals surface area (Å²) in [4.78, 5) is 0. The van der Waals surface area contributed by atoms with Gasteiger partial charge >= 0.3 is 0 Å². The minimum atomic E-state index is -2.85. The van der Waals surface area contributed by atoms with Gasteiger partial charge in [-0.15, -0.1) is 0 Å². The second kappa shape index (κ2) is 6.95. The Hall–Kier alpha value is -1.27. The Morgan fingerprint density at radius 3 is 2.60 bits per heavy atom. The highest BCUT2D eigenvalue weighted by molar-refractivity contribution is 7.91. The van der Waals surface area contributed by atoms with E-state index in [4.69, 9.17) is 9.47 Å². The fourth-order valence-corrected chi connectivity index (χ4v) is 3.96. The summed E-state index contributed by atoms with van der Waals surface area (Å²) in [5, 5.41) is 3.24. The van der Waals surface area contributed by atoms with Crippen molar-refractivity contribution >= 4 is 9.84 Å². The zero-order valence-corrected chi connectivity index (χ0v) is 12.5. The smallest absolute Gasteiger partial charge is 0.151 e. The van der Waals surface area contributed by atoms with Crippen LogP contribution >= 0.6 is 0 Å². The summed E-state index contributed by atoms with van der Waals surface area (Å²) in [6.45, 7) is 1.16. The third-order valence-corrected chi connectivity index (χ3v) is 5.15. The molecule has 5 nitrogen and oxygen atoms in total. The second-order valence-electron chi connectivity index (χ2n) is 4.93. The van der Waals surface area contributed by atoms with Crippen LogP contribution in [0.1, 0.15) is 12.8 Å². The van der Waals surface area contributed by atoms with Gasteiger partial charge < -0.3 is 14.8 Å². The van der Waals surface area contributed by atoms with E-state index >= 15 is 0 Å². The molecule has 1 N–H and O–H groups in total. The van der Waals surface area contributed by atoms with E-state index in [-0.39, 0.29) is 11.8 Å². The number of ether oxygens (including phenoxy) is 2. The minimum Gasteiger partial charge on any atom is -0.497 e. The molecule has 1 aliphatic heterocycles. The maximum Gasteiger partial charge on any atom is 0.151 e. The van der Waals surface area contributed by atoms with Crippen LogP contribution in [0.25, 0.3) is 0 Å². The van der Waals surface area contributed by atoms with E-state index in [2.05, 4.69) is 5.32 Å². The van der Waals surface area contributed by atoms with Gasteiger partial charge in [-0.2, -0.15) is 0 Å². The van der Waals surface area contributed by atoms with Crippen molar-refractivity contribution in [3.63, 3.8) is 0 Å². The summed E-state index contributed by atoms with van der Waals surface area (Å²) >= 11 is 0. The molecule has 1 unspecified atom stereocenters. The van der Waals surface area contributed by atoms with Crippen molar-refractivity contribution in [2.24, 2.45) is 0 Å². The molecule has 0 spiro atoms. The van der Waals surface area contributed by atoms with Crippen LogP contribution in [0, 0.1) is 0 Å². The van der Waals surface area contributed by atoms with Gasteiger partial charge in [-0.3, -0.25) is 0 Å². The Bertz CT molecular complexity index is 512. The first-order valence-corrected chi connectivity index (χ1v) is 8.62. The Morgan fingerprint density at radius 1 is 1.25 bits per heavy atom. The fourth-order valence-electron chi connectivity index (χ4n) is 2.29. The maximum absolute atomic E-state index is 11.5. The van der Waals surface area contributed by atoms with Gasteiger partial charge in [-0.1, -0.05) is 0 Å². The lowest BCUT2D eigenvalue weighted by atomic mass is 10.2. The summed E-state index contributed by atoms with van der Waals surface area (Å²) in [6.07, 6.45) is 1.67. The molecule has 0 aliphatic carbocycles. The molecule has 0 aromatic heterocycles. The molecule has 1 aromatic rings. The molecule has 1 fully saturated rings. The molecule has 1 saturated heterocycles. The van der Waals surface area contributed by atoms with Gasteiger partial charge in [0.05, 0.1) is 18.6 Å². The average Bonchev–Trinajstić information content (AvgIpc) is 2.43. The van der Waals surface area contributed by atoms with Crippen LogP contribution in [-0.4, -0.2) is 46.2 Å². The van der Waals surface area contributed by atoms with E-state index < -0.39 is 9.84 Å². The summed E-state index contributed by atoms with van der Waals surface area (Å²) < 4.78 is 33.6. The Labute approximate surface area is 120 Å². The lowest BCUT2D eigenvalue weighted by Crippen LogP contribution is -2.41. The lowest BCUT2D eigenvalue weighted by Gasteiger charge is -2.23. The van der Waals surface area contributed by atoms with Crippen LogP contribution in [0.15, 0.2) is 24.3 Å². The fraction of sp³-hybridized carbons (Fsp3) is 0.571. The van der Waals surface area contributed by atoms with Crippen LogP contribution in [0.2, 0.25) is 0 Å². The highest BCUT2D eigenvalue weighted by atomic mass is 32.2. The molecule has 1 aromatic carbocycles. The van der Waals surface area contributed by atoms with Gasteiger partial charge in [0, 0.05) is 12.6 Å². The van der Waals surface area contributed by atoms with E-state index in [1.165, 1.54) is 0 Å². The zero-order valence-electron chi connectivity index (χ0n) is 11.7. The molecule has 1 aliphatic rings. The maximum atomic E-state index is 11.5. The predicted octanol–water partition coefficient (Wildman–Crippen LogP) is 1.24. The Balaban J connectivity index is 1.68. The first kappa shape index (κ1) is 15.1. The lowest BCUT2D eigenvalue weighted by molar-refractivity contribution is 0.303. The van der Waals surface area contributed by atoms with Gasteiger partial charge in [-0.25, -0.2) is 8.42 Å². The number of nitrogens with one attached hydrogen (secondary N) is 1. The third kappa shape index (κ3) is 4.68. The van der Waals surface area contributed by atoms with E-state index in [9.17, 15) is 8.42 Å². The van der Waals surface area contributed by atoms with Gasteiger partial charge in [0.15, 0.2) is 9.84 Å². The monoisotopic (exact) mass is 299 g/mol. The summed E-state index contributed by atoms with van der Waals surface area (Å²) in [5.74, 6) is 2.15. The van der Waals surface area contributed by atoms with Crippen LogP contribution in [0.5, 0.6) is 11.5 Å². The molecule has 2 rings (SSSR count). The van der Waals surface area contributed by atoms with Crippen molar-refractivity contribution in [2.75, 3.05) is 31.8 Å². The standard InChI is InChI=1S/C14H21NO4S/c1-18-13-4-6-14(7-5-13)19-9-8-15-12-3-2-10-20(16,17)11-12/h4-7,12,15H,2-3,8-11H2,1H3. The number of methoxy groups -OCH3 is 1. The second-order valence-corrected chi connectivity index (χ2v) is 7.16. The van der Waals surface area contributed by atoms with E-state index in [1.54, 1.807) is 7.11 Å². The topological polar surface area (TPSA) is 64.6 Å². The van der Waals surface area contributed by atoms with Crippen LogP contribution < -0.4 is 14.8 Å². The van der Waals surface area contributed by atoms with Crippen LogP contribution in [-0.2, 0) is 9.84 Å². The van der Waals surface area contributed by atoms with Crippen molar-refractivity contribution in [3.05, 3.63) is 24.3 Å². The molecule has 1 heterocycles. The van der Waals surface area contributed by atoms with Gasteiger partial charge in [0.1, 0.15) is 18.1 Å². The Morgan fingerprint density at radius 2 is 1.95 bits per heavy atom.